The molecule has 0 saturated carbocycles. The first-order valence-corrected chi connectivity index (χ1v) is 13.6. The summed E-state index contributed by atoms with van der Waals surface area (Å²) in [4.78, 5) is 28.4. The molecule has 8 heteroatoms. The highest BCUT2D eigenvalue weighted by molar-refractivity contribution is 6.00. The molecule has 2 aliphatic heterocycles. The Balaban J connectivity index is 1.28. The summed E-state index contributed by atoms with van der Waals surface area (Å²) in [5, 5.41) is 11.9. The second-order valence-electron chi connectivity index (χ2n) is 10.9. The van der Waals surface area contributed by atoms with E-state index >= 15 is 0 Å². The van der Waals surface area contributed by atoms with Crippen LogP contribution < -0.4 is 15.4 Å². The lowest BCUT2D eigenvalue weighted by Gasteiger charge is -2.32. The third-order valence-corrected chi connectivity index (χ3v) is 8.10. The fourth-order valence-electron chi connectivity index (χ4n) is 5.62. The number of nitrogens with one attached hydrogen (secondary N) is 2. The summed E-state index contributed by atoms with van der Waals surface area (Å²) in [6, 6.07) is 19.7. The molecule has 204 valence electrons. The van der Waals surface area contributed by atoms with Gasteiger partial charge < -0.3 is 20.3 Å². The van der Waals surface area contributed by atoms with Gasteiger partial charge in [-0.05, 0) is 52.4 Å². The molecule has 6 rings (SSSR count). The summed E-state index contributed by atoms with van der Waals surface area (Å²) in [5.41, 5.74) is 4.20. The van der Waals surface area contributed by atoms with Crippen molar-refractivity contribution in [3.63, 3.8) is 0 Å². The van der Waals surface area contributed by atoms with Gasteiger partial charge in [-0.3, -0.25) is 14.3 Å². The fourth-order valence-corrected chi connectivity index (χ4v) is 5.62. The van der Waals surface area contributed by atoms with Crippen LogP contribution in [0.25, 0.3) is 22.0 Å². The zero-order chi connectivity index (χ0) is 28.0. The molecular weight excluding hydrogens is 502 g/mol. The van der Waals surface area contributed by atoms with Gasteiger partial charge in [-0.1, -0.05) is 63.2 Å². The zero-order valence-corrected chi connectivity index (χ0v) is 23.0. The van der Waals surface area contributed by atoms with Crippen molar-refractivity contribution in [2.45, 2.75) is 38.9 Å². The maximum atomic E-state index is 13.4. The number of benzene rings is 3. The maximum absolute atomic E-state index is 13.4. The molecule has 2 atom stereocenters. The van der Waals surface area contributed by atoms with Crippen LogP contribution in [0.2, 0.25) is 0 Å². The quantitative estimate of drug-likeness (QED) is 0.338. The molecule has 1 aromatic heterocycles. The van der Waals surface area contributed by atoms with Crippen LogP contribution in [0.3, 0.4) is 0 Å². The molecule has 2 amide bonds. The first kappa shape index (κ1) is 25.7. The predicted octanol–water partition coefficient (Wildman–Crippen LogP) is 4.80. The molecule has 1 saturated heterocycles. The number of ether oxygens (including phenoxy) is 1. The van der Waals surface area contributed by atoms with Crippen LogP contribution in [-0.4, -0.2) is 40.1 Å². The van der Waals surface area contributed by atoms with Crippen LogP contribution in [0.1, 0.15) is 41.8 Å². The molecule has 2 N–H and O–H groups in total. The third kappa shape index (κ3) is 4.39. The van der Waals surface area contributed by atoms with E-state index in [4.69, 9.17) is 9.84 Å². The molecular formula is C32H33N5O3. The zero-order valence-electron chi connectivity index (χ0n) is 23.0. The summed E-state index contributed by atoms with van der Waals surface area (Å²) in [5.74, 6) is 1.25. The number of fused-ring (bicyclic) bond motifs is 2. The topological polar surface area (TPSA) is 88.5 Å². The molecule has 3 heterocycles. The standard InChI is InChI=1S/C32H33N5O3/c1-5-20(2)16-37-18-25-14-23(9-13-29(25)35-37)22-6-10-26(11-7-22)32(31(39)33-21(3)34-32)19-36-17-24-8-12-27(40-4)15-28(24)30(36)38/h6-15,18,20,34H,3,5,16-17,19H2,1-2,4H3,(H,33,39)/t20?,32-/m0/s1. The van der Waals surface area contributed by atoms with E-state index in [0.717, 1.165) is 46.1 Å². The Kier molecular flexibility index (Phi) is 6.33. The van der Waals surface area contributed by atoms with Crippen molar-refractivity contribution in [2.75, 3.05) is 13.7 Å². The van der Waals surface area contributed by atoms with E-state index < -0.39 is 5.54 Å². The highest BCUT2D eigenvalue weighted by atomic mass is 16.5. The monoisotopic (exact) mass is 535 g/mol. The number of carbonyl (C=O) groups is 2. The minimum Gasteiger partial charge on any atom is -0.497 e. The van der Waals surface area contributed by atoms with Crippen LogP contribution in [0, 0.1) is 5.92 Å². The molecule has 8 nitrogen and oxygen atoms in total. The van der Waals surface area contributed by atoms with Gasteiger partial charge >= 0.3 is 0 Å². The number of methoxy groups -OCH3 is 1. The van der Waals surface area contributed by atoms with Crippen molar-refractivity contribution in [1.82, 2.24) is 25.3 Å². The Morgan fingerprint density at radius 1 is 1.07 bits per heavy atom. The second-order valence-corrected chi connectivity index (χ2v) is 10.9. The van der Waals surface area contributed by atoms with E-state index in [9.17, 15) is 9.59 Å². The number of hydrogen-bond acceptors (Lipinski definition) is 5. The number of rotatable bonds is 8. The Bertz CT molecular complexity index is 1640. The Morgan fingerprint density at radius 3 is 2.55 bits per heavy atom. The average Bonchev–Trinajstić information content (AvgIpc) is 3.60. The Hall–Kier alpha value is -4.59. The van der Waals surface area contributed by atoms with Gasteiger partial charge in [0.15, 0.2) is 5.54 Å². The molecule has 3 aromatic carbocycles. The van der Waals surface area contributed by atoms with E-state index in [1.807, 2.05) is 41.1 Å². The van der Waals surface area contributed by atoms with Crippen LogP contribution in [0.5, 0.6) is 5.75 Å². The van der Waals surface area contributed by atoms with Crippen LogP contribution in [0.15, 0.2) is 79.3 Å². The lowest BCUT2D eigenvalue weighted by Crippen LogP contribution is -2.52. The Labute approximate surface area is 233 Å². The normalized spacial score (nSPS) is 19.1. The number of aromatic nitrogens is 2. The number of amides is 2. The van der Waals surface area contributed by atoms with E-state index in [0.29, 0.717) is 29.6 Å². The molecule has 40 heavy (non-hydrogen) atoms. The van der Waals surface area contributed by atoms with Gasteiger partial charge in [0, 0.05) is 30.2 Å². The summed E-state index contributed by atoms with van der Waals surface area (Å²) in [6.07, 6.45) is 3.22. The minimum absolute atomic E-state index is 0.126. The lowest BCUT2D eigenvalue weighted by atomic mass is 9.88. The van der Waals surface area contributed by atoms with Crippen LogP contribution in [0.4, 0.5) is 0 Å². The average molecular weight is 536 g/mol. The van der Waals surface area contributed by atoms with Crippen molar-refractivity contribution < 1.29 is 14.3 Å². The van der Waals surface area contributed by atoms with Gasteiger partial charge in [0.1, 0.15) is 5.75 Å². The van der Waals surface area contributed by atoms with Gasteiger partial charge in [0.05, 0.1) is 25.0 Å². The first-order chi connectivity index (χ1) is 19.3. The molecule has 2 aliphatic rings. The smallest absolute Gasteiger partial charge is 0.257 e. The van der Waals surface area contributed by atoms with E-state index in [1.54, 1.807) is 18.1 Å². The van der Waals surface area contributed by atoms with Gasteiger partial charge in [0.2, 0.25) is 0 Å². The third-order valence-electron chi connectivity index (χ3n) is 8.10. The number of carbonyl (C=O) groups excluding carboxylic acids is 2. The SMILES string of the molecule is C=C1NC(=O)[C@](CN2Cc3ccc(OC)cc3C2=O)(c2ccc(-c3ccc4nn(CC(C)CC)cc4c3)cc2)N1. The summed E-state index contributed by atoms with van der Waals surface area (Å²) in [7, 11) is 1.58. The second kappa shape index (κ2) is 9.86. The highest BCUT2D eigenvalue weighted by Gasteiger charge is 2.48. The van der Waals surface area contributed by atoms with Crippen molar-refractivity contribution in [1.29, 1.82) is 0 Å². The maximum Gasteiger partial charge on any atom is 0.257 e. The van der Waals surface area contributed by atoms with Gasteiger partial charge in [-0.2, -0.15) is 5.10 Å². The van der Waals surface area contributed by atoms with Gasteiger partial charge in [-0.15, -0.1) is 0 Å². The molecule has 1 fully saturated rings. The molecule has 0 bridgehead atoms. The van der Waals surface area contributed by atoms with Crippen LogP contribution >= 0.6 is 0 Å². The fraction of sp³-hybridized carbons (Fsp3) is 0.281. The Morgan fingerprint density at radius 2 is 1.85 bits per heavy atom. The molecule has 1 unspecified atom stereocenters. The predicted molar refractivity (Wildman–Crippen MR) is 154 cm³/mol. The van der Waals surface area contributed by atoms with Crippen LogP contribution in [-0.2, 0) is 23.4 Å². The highest BCUT2D eigenvalue weighted by Crippen LogP contribution is 2.34. The van der Waals surface area contributed by atoms with E-state index in [1.165, 1.54) is 0 Å². The van der Waals surface area contributed by atoms with Gasteiger partial charge in [0.25, 0.3) is 11.8 Å². The van der Waals surface area contributed by atoms with Crippen molar-refractivity contribution in [3.05, 3.63) is 96.0 Å². The molecule has 4 aromatic rings. The lowest BCUT2D eigenvalue weighted by molar-refractivity contribution is -0.124. The largest absolute Gasteiger partial charge is 0.497 e. The first-order valence-electron chi connectivity index (χ1n) is 13.6. The van der Waals surface area contributed by atoms with Crippen molar-refractivity contribution >= 4 is 22.7 Å². The number of nitrogens with zero attached hydrogens (tertiary/aromatic N) is 3. The minimum atomic E-state index is -1.15. The summed E-state index contributed by atoms with van der Waals surface area (Å²) in [6.45, 7) is 9.84. The van der Waals surface area contributed by atoms with E-state index in [2.05, 4.69) is 55.5 Å². The molecule has 0 spiro atoms. The molecule has 0 aliphatic carbocycles. The van der Waals surface area contributed by atoms with E-state index in [-0.39, 0.29) is 18.4 Å². The van der Waals surface area contributed by atoms with Crippen molar-refractivity contribution in [2.24, 2.45) is 5.92 Å². The van der Waals surface area contributed by atoms with Gasteiger partial charge in [-0.25, -0.2) is 0 Å². The summed E-state index contributed by atoms with van der Waals surface area (Å²) < 4.78 is 7.33. The summed E-state index contributed by atoms with van der Waals surface area (Å²) >= 11 is 0. The van der Waals surface area contributed by atoms with Crippen molar-refractivity contribution in [3.8, 4) is 16.9 Å². The number of hydrogen-bond donors (Lipinski definition) is 2. The molecule has 0 radical (unpaired) electrons.